The number of rotatable bonds is 4. The number of carbonyl (C=O) groups excluding carboxylic acids is 1. The summed E-state index contributed by atoms with van der Waals surface area (Å²) in [5.74, 6) is -1.33. The van der Waals surface area contributed by atoms with Gasteiger partial charge in [-0.15, -0.1) is 0 Å². The highest BCUT2D eigenvalue weighted by atomic mass is 16.4. The van der Waals surface area contributed by atoms with Crippen LogP contribution >= 0.6 is 0 Å². The zero-order valence-corrected chi connectivity index (χ0v) is 13.3. The van der Waals surface area contributed by atoms with E-state index in [-0.39, 0.29) is 23.3 Å². The van der Waals surface area contributed by atoms with Gasteiger partial charge in [-0.3, -0.25) is 9.59 Å². The summed E-state index contributed by atoms with van der Waals surface area (Å²) in [6, 6.07) is 0.0618. The second kappa shape index (κ2) is 6.57. The van der Waals surface area contributed by atoms with Gasteiger partial charge in [-0.2, -0.15) is 0 Å². The van der Waals surface area contributed by atoms with E-state index in [0.29, 0.717) is 19.5 Å². The van der Waals surface area contributed by atoms with E-state index < -0.39 is 11.9 Å². The van der Waals surface area contributed by atoms with Gasteiger partial charge in [0.15, 0.2) is 0 Å². The smallest absolute Gasteiger partial charge is 0.308 e. The number of carboxylic acids is 1. The highest BCUT2D eigenvalue weighted by Crippen LogP contribution is 2.20. The third kappa shape index (κ3) is 5.12. The van der Waals surface area contributed by atoms with Gasteiger partial charge < -0.3 is 15.3 Å². The first kappa shape index (κ1) is 17.0. The molecule has 0 saturated carbocycles. The molecule has 2 N–H and O–H groups in total. The number of piperidine rings is 1. The largest absolute Gasteiger partial charge is 0.481 e. The normalized spacial score (nSPS) is 24.0. The Kier molecular flexibility index (Phi) is 5.57. The van der Waals surface area contributed by atoms with Crippen LogP contribution in [0.3, 0.4) is 0 Å². The van der Waals surface area contributed by atoms with E-state index in [4.69, 9.17) is 0 Å². The lowest BCUT2D eigenvalue weighted by atomic mass is 9.91. The van der Waals surface area contributed by atoms with Crippen LogP contribution in [0.2, 0.25) is 0 Å². The standard InChI is InChI=1S/C15H28N2O3/c1-10(2)13(18)17-7-11(14(19)20)6-12(8-17)16-9-15(3,4)5/h10-12,16H,6-9H2,1-5H3,(H,19,20). The Labute approximate surface area is 121 Å². The molecule has 0 aromatic rings. The first-order valence-corrected chi connectivity index (χ1v) is 7.35. The third-order valence-corrected chi connectivity index (χ3v) is 3.53. The zero-order valence-electron chi connectivity index (χ0n) is 13.3. The van der Waals surface area contributed by atoms with Gasteiger partial charge >= 0.3 is 5.97 Å². The molecule has 2 atom stereocenters. The van der Waals surface area contributed by atoms with Crippen LogP contribution in [-0.4, -0.2) is 47.6 Å². The van der Waals surface area contributed by atoms with Crippen LogP contribution in [0.1, 0.15) is 41.0 Å². The van der Waals surface area contributed by atoms with Crippen molar-refractivity contribution in [2.75, 3.05) is 19.6 Å². The van der Waals surface area contributed by atoms with Crippen molar-refractivity contribution in [1.82, 2.24) is 10.2 Å². The molecule has 2 unspecified atom stereocenters. The molecular formula is C15H28N2O3. The highest BCUT2D eigenvalue weighted by Gasteiger charge is 2.34. The fraction of sp³-hybridized carbons (Fsp3) is 0.867. The van der Waals surface area contributed by atoms with Crippen LogP contribution in [0.5, 0.6) is 0 Å². The molecule has 0 aliphatic carbocycles. The van der Waals surface area contributed by atoms with E-state index in [0.717, 1.165) is 6.54 Å². The number of likely N-dealkylation sites (tertiary alicyclic amines) is 1. The summed E-state index contributed by atoms with van der Waals surface area (Å²) in [4.78, 5) is 25.1. The molecule has 5 heteroatoms. The van der Waals surface area contributed by atoms with E-state index in [2.05, 4.69) is 26.1 Å². The molecule has 116 valence electrons. The summed E-state index contributed by atoms with van der Waals surface area (Å²) in [6.07, 6.45) is 0.591. The van der Waals surface area contributed by atoms with Gasteiger partial charge in [-0.1, -0.05) is 34.6 Å². The van der Waals surface area contributed by atoms with Crippen molar-refractivity contribution in [1.29, 1.82) is 0 Å². The van der Waals surface area contributed by atoms with E-state index in [9.17, 15) is 14.7 Å². The Morgan fingerprint density at radius 2 is 1.90 bits per heavy atom. The number of hydrogen-bond donors (Lipinski definition) is 2. The third-order valence-electron chi connectivity index (χ3n) is 3.53. The van der Waals surface area contributed by atoms with Crippen LogP contribution in [0, 0.1) is 17.3 Å². The zero-order chi connectivity index (χ0) is 15.5. The van der Waals surface area contributed by atoms with Crippen LogP contribution in [0.25, 0.3) is 0 Å². The molecule has 0 bridgehead atoms. The van der Waals surface area contributed by atoms with Crippen molar-refractivity contribution in [2.45, 2.75) is 47.1 Å². The van der Waals surface area contributed by atoms with Gasteiger partial charge in [0.05, 0.1) is 5.92 Å². The first-order chi connectivity index (χ1) is 9.10. The summed E-state index contributed by atoms with van der Waals surface area (Å²) in [5.41, 5.74) is 0.142. The summed E-state index contributed by atoms with van der Waals surface area (Å²) in [7, 11) is 0. The minimum absolute atomic E-state index is 0.0403. The maximum atomic E-state index is 12.1. The van der Waals surface area contributed by atoms with Crippen LogP contribution in [-0.2, 0) is 9.59 Å². The van der Waals surface area contributed by atoms with Crippen molar-refractivity contribution in [3.05, 3.63) is 0 Å². The quantitative estimate of drug-likeness (QED) is 0.822. The number of carboxylic acid groups (broad SMARTS) is 1. The van der Waals surface area contributed by atoms with E-state index in [1.165, 1.54) is 0 Å². The Bertz CT molecular complexity index is 361. The number of aliphatic carboxylic acids is 1. The van der Waals surface area contributed by atoms with Crippen molar-refractivity contribution >= 4 is 11.9 Å². The molecule has 20 heavy (non-hydrogen) atoms. The molecular weight excluding hydrogens is 256 g/mol. The molecule has 0 aromatic carbocycles. The number of carbonyl (C=O) groups is 2. The molecule has 5 nitrogen and oxygen atoms in total. The first-order valence-electron chi connectivity index (χ1n) is 7.35. The number of nitrogens with zero attached hydrogens (tertiary/aromatic N) is 1. The van der Waals surface area contributed by atoms with E-state index in [1.54, 1.807) is 4.90 Å². The van der Waals surface area contributed by atoms with Crippen LogP contribution < -0.4 is 5.32 Å². The molecule has 1 saturated heterocycles. The number of nitrogens with one attached hydrogen (secondary N) is 1. The molecule has 1 heterocycles. The maximum absolute atomic E-state index is 12.1. The minimum Gasteiger partial charge on any atom is -0.481 e. The average molecular weight is 284 g/mol. The van der Waals surface area contributed by atoms with Gasteiger partial charge in [0.2, 0.25) is 5.91 Å². The van der Waals surface area contributed by atoms with Gasteiger partial charge in [-0.05, 0) is 11.8 Å². The van der Waals surface area contributed by atoms with E-state index >= 15 is 0 Å². The summed E-state index contributed by atoms with van der Waals surface area (Å²) >= 11 is 0. The Morgan fingerprint density at radius 1 is 1.30 bits per heavy atom. The highest BCUT2D eigenvalue weighted by molar-refractivity contribution is 5.79. The lowest BCUT2D eigenvalue weighted by Crippen LogP contribution is -2.54. The second-order valence-corrected chi connectivity index (χ2v) is 7.31. The van der Waals surface area contributed by atoms with Crippen molar-refractivity contribution in [2.24, 2.45) is 17.3 Å². The predicted molar refractivity (Wildman–Crippen MR) is 78.4 cm³/mol. The van der Waals surface area contributed by atoms with E-state index in [1.807, 2.05) is 13.8 Å². The molecule has 0 spiro atoms. The minimum atomic E-state index is -0.811. The maximum Gasteiger partial charge on any atom is 0.308 e. The van der Waals surface area contributed by atoms with Crippen molar-refractivity contribution in [3.8, 4) is 0 Å². The number of hydrogen-bond acceptors (Lipinski definition) is 3. The number of amides is 1. The Balaban J connectivity index is 2.70. The fourth-order valence-electron chi connectivity index (χ4n) is 2.42. The van der Waals surface area contributed by atoms with Gasteiger partial charge in [-0.25, -0.2) is 0 Å². The molecule has 1 aliphatic heterocycles. The molecule has 1 fully saturated rings. The van der Waals surface area contributed by atoms with Gasteiger partial charge in [0.25, 0.3) is 0 Å². The lowest BCUT2D eigenvalue weighted by molar-refractivity contribution is -0.147. The molecule has 0 aromatic heterocycles. The fourth-order valence-corrected chi connectivity index (χ4v) is 2.42. The SMILES string of the molecule is CC(C)C(=O)N1CC(NCC(C)(C)C)CC(C(=O)O)C1. The second-order valence-electron chi connectivity index (χ2n) is 7.31. The van der Waals surface area contributed by atoms with Crippen molar-refractivity contribution < 1.29 is 14.7 Å². The molecule has 1 rings (SSSR count). The Morgan fingerprint density at radius 3 is 2.35 bits per heavy atom. The van der Waals surface area contributed by atoms with Gasteiger partial charge in [0, 0.05) is 31.6 Å². The molecule has 0 radical (unpaired) electrons. The summed E-state index contributed by atoms with van der Waals surface area (Å²) < 4.78 is 0. The lowest BCUT2D eigenvalue weighted by Gasteiger charge is -2.38. The predicted octanol–water partition coefficient (Wildman–Crippen LogP) is 1.58. The average Bonchev–Trinajstić information content (AvgIpc) is 2.34. The monoisotopic (exact) mass is 284 g/mol. The summed E-state index contributed by atoms with van der Waals surface area (Å²) in [5, 5.41) is 12.7. The van der Waals surface area contributed by atoms with Crippen molar-refractivity contribution in [3.63, 3.8) is 0 Å². The van der Waals surface area contributed by atoms with Crippen LogP contribution in [0.4, 0.5) is 0 Å². The molecule has 1 amide bonds. The molecule has 1 aliphatic rings. The van der Waals surface area contributed by atoms with Gasteiger partial charge in [0.1, 0.15) is 0 Å². The summed E-state index contributed by atoms with van der Waals surface area (Å²) in [6.45, 7) is 11.9. The van der Waals surface area contributed by atoms with Crippen LogP contribution in [0.15, 0.2) is 0 Å². The topological polar surface area (TPSA) is 69.6 Å². The Hall–Kier alpha value is -1.10.